The van der Waals surface area contributed by atoms with E-state index in [0.717, 1.165) is 31.2 Å². The number of nitrogens with two attached hydrogens (primary N) is 1. The molecule has 1 atom stereocenters. The van der Waals surface area contributed by atoms with Crippen molar-refractivity contribution in [3.05, 3.63) is 30.1 Å². The Kier molecular flexibility index (Phi) is 6.65. The topological polar surface area (TPSA) is 68.0 Å². The summed E-state index contributed by atoms with van der Waals surface area (Å²) in [4.78, 5) is 16.7. The highest BCUT2D eigenvalue weighted by Crippen LogP contribution is 2.30. The third kappa shape index (κ3) is 4.04. The lowest BCUT2D eigenvalue weighted by molar-refractivity contribution is -0.132. The molecule has 0 saturated heterocycles. The molecule has 4 heteroatoms. The predicted molar refractivity (Wildman–Crippen MR) is 82.1 cm³/mol. The van der Waals surface area contributed by atoms with E-state index in [9.17, 15) is 4.79 Å². The monoisotopic (exact) mass is 277 g/mol. The Morgan fingerprint density at radius 1 is 1.40 bits per heavy atom. The molecule has 0 aliphatic rings. The van der Waals surface area contributed by atoms with Gasteiger partial charge in [-0.25, -0.2) is 0 Å². The molecule has 112 valence electrons. The summed E-state index contributed by atoms with van der Waals surface area (Å²) >= 11 is 0. The minimum atomic E-state index is -0.431. The van der Waals surface area contributed by atoms with Crippen LogP contribution in [0.5, 0.6) is 0 Å². The van der Waals surface area contributed by atoms with Gasteiger partial charge in [-0.15, -0.1) is 0 Å². The smallest absolute Gasteiger partial charge is 0.227 e. The summed E-state index contributed by atoms with van der Waals surface area (Å²) < 4.78 is 0. The van der Waals surface area contributed by atoms with E-state index in [2.05, 4.69) is 24.1 Å². The summed E-state index contributed by atoms with van der Waals surface area (Å²) in [5, 5.41) is 3.10. The Labute approximate surface area is 122 Å². The van der Waals surface area contributed by atoms with Crippen molar-refractivity contribution in [3.63, 3.8) is 0 Å². The van der Waals surface area contributed by atoms with E-state index in [1.807, 2.05) is 19.1 Å². The van der Waals surface area contributed by atoms with Crippen LogP contribution in [0, 0.1) is 5.41 Å². The second-order valence-electron chi connectivity index (χ2n) is 5.47. The van der Waals surface area contributed by atoms with Gasteiger partial charge in [0.15, 0.2) is 0 Å². The van der Waals surface area contributed by atoms with Gasteiger partial charge in [0.05, 0.1) is 11.5 Å². The van der Waals surface area contributed by atoms with Gasteiger partial charge in [-0.1, -0.05) is 32.8 Å². The van der Waals surface area contributed by atoms with Gasteiger partial charge in [-0.05, 0) is 31.4 Å². The summed E-state index contributed by atoms with van der Waals surface area (Å²) in [6.45, 7) is 6.57. The summed E-state index contributed by atoms with van der Waals surface area (Å²) in [5.41, 5.74) is 6.51. The number of hydrogen-bond donors (Lipinski definition) is 2. The minimum absolute atomic E-state index is 0.0455. The van der Waals surface area contributed by atoms with Crippen LogP contribution in [0.1, 0.15) is 58.1 Å². The summed E-state index contributed by atoms with van der Waals surface area (Å²) in [7, 11) is 0. The van der Waals surface area contributed by atoms with Crippen molar-refractivity contribution < 1.29 is 4.79 Å². The largest absolute Gasteiger partial charge is 0.349 e. The number of amides is 1. The highest BCUT2D eigenvalue weighted by Gasteiger charge is 2.35. The number of aromatic nitrogens is 1. The van der Waals surface area contributed by atoms with Gasteiger partial charge in [0, 0.05) is 18.9 Å². The zero-order chi connectivity index (χ0) is 15.0. The maximum absolute atomic E-state index is 12.6. The molecular formula is C16H27N3O. The van der Waals surface area contributed by atoms with Gasteiger partial charge in [0.1, 0.15) is 0 Å². The fraction of sp³-hybridized carbons (Fsp3) is 0.625. The first-order valence-electron chi connectivity index (χ1n) is 7.50. The fourth-order valence-corrected chi connectivity index (χ4v) is 2.67. The number of nitrogens with one attached hydrogen (secondary N) is 1. The maximum Gasteiger partial charge on any atom is 0.227 e. The third-order valence-corrected chi connectivity index (χ3v) is 3.86. The predicted octanol–water partition coefficient (Wildman–Crippen LogP) is 2.80. The average Bonchev–Trinajstić information content (AvgIpc) is 2.47. The Hall–Kier alpha value is -1.42. The number of pyridine rings is 1. The van der Waals surface area contributed by atoms with Crippen molar-refractivity contribution >= 4 is 5.91 Å². The molecule has 1 amide bonds. The quantitative estimate of drug-likeness (QED) is 0.767. The highest BCUT2D eigenvalue weighted by atomic mass is 16.2. The lowest BCUT2D eigenvalue weighted by atomic mass is 9.78. The molecule has 1 heterocycles. The van der Waals surface area contributed by atoms with Crippen LogP contribution in [0.2, 0.25) is 0 Å². The van der Waals surface area contributed by atoms with Gasteiger partial charge in [-0.3, -0.25) is 9.78 Å². The zero-order valence-electron chi connectivity index (χ0n) is 12.9. The average molecular weight is 277 g/mol. The SMILES string of the molecule is CCCC(CN)(CCC)C(=O)NC(C)c1cccnc1. The molecule has 0 spiro atoms. The van der Waals surface area contributed by atoms with Crippen molar-refractivity contribution in [3.8, 4) is 0 Å². The summed E-state index contributed by atoms with van der Waals surface area (Å²) in [6, 6.07) is 3.81. The van der Waals surface area contributed by atoms with Gasteiger partial charge in [-0.2, -0.15) is 0 Å². The summed E-state index contributed by atoms with van der Waals surface area (Å²) in [6.07, 6.45) is 7.12. The molecule has 0 saturated carbocycles. The van der Waals surface area contributed by atoms with Crippen molar-refractivity contribution in [1.29, 1.82) is 0 Å². The van der Waals surface area contributed by atoms with Gasteiger partial charge in [0.25, 0.3) is 0 Å². The van der Waals surface area contributed by atoms with E-state index >= 15 is 0 Å². The van der Waals surface area contributed by atoms with Crippen molar-refractivity contribution in [2.75, 3.05) is 6.54 Å². The lowest BCUT2D eigenvalue weighted by Gasteiger charge is -2.32. The van der Waals surface area contributed by atoms with E-state index in [1.165, 1.54) is 0 Å². The molecule has 3 N–H and O–H groups in total. The Morgan fingerprint density at radius 2 is 2.05 bits per heavy atom. The molecule has 0 fully saturated rings. The molecule has 0 radical (unpaired) electrons. The number of nitrogens with zero attached hydrogens (tertiary/aromatic N) is 1. The first kappa shape index (κ1) is 16.6. The number of carbonyl (C=O) groups excluding carboxylic acids is 1. The van der Waals surface area contributed by atoms with Crippen LogP contribution in [0.15, 0.2) is 24.5 Å². The first-order chi connectivity index (χ1) is 9.59. The Balaban J connectivity index is 2.80. The molecule has 0 aliphatic carbocycles. The number of hydrogen-bond acceptors (Lipinski definition) is 3. The minimum Gasteiger partial charge on any atom is -0.349 e. The molecule has 0 aromatic carbocycles. The standard InChI is InChI=1S/C16H27N3O/c1-4-8-16(12-17,9-5-2)15(20)19-13(3)14-7-6-10-18-11-14/h6-7,10-11,13H,4-5,8-9,12,17H2,1-3H3,(H,19,20). The Morgan fingerprint density at radius 3 is 2.50 bits per heavy atom. The highest BCUT2D eigenvalue weighted by molar-refractivity contribution is 5.83. The van der Waals surface area contributed by atoms with Crippen LogP contribution >= 0.6 is 0 Å². The van der Waals surface area contributed by atoms with E-state index < -0.39 is 5.41 Å². The van der Waals surface area contributed by atoms with E-state index in [1.54, 1.807) is 12.4 Å². The van der Waals surface area contributed by atoms with E-state index in [0.29, 0.717) is 6.54 Å². The van der Waals surface area contributed by atoms with Crippen LogP contribution in [0.25, 0.3) is 0 Å². The van der Waals surface area contributed by atoms with Crippen LogP contribution < -0.4 is 11.1 Å². The molecule has 4 nitrogen and oxygen atoms in total. The van der Waals surface area contributed by atoms with Crippen molar-refractivity contribution in [1.82, 2.24) is 10.3 Å². The van der Waals surface area contributed by atoms with Crippen LogP contribution in [-0.4, -0.2) is 17.4 Å². The van der Waals surface area contributed by atoms with Gasteiger partial charge >= 0.3 is 0 Å². The number of carbonyl (C=O) groups is 1. The fourth-order valence-electron chi connectivity index (χ4n) is 2.67. The molecule has 1 unspecified atom stereocenters. The second-order valence-corrected chi connectivity index (χ2v) is 5.47. The van der Waals surface area contributed by atoms with Crippen molar-refractivity contribution in [2.24, 2.45) is 11.1 Å². The molecule has 0 aliphatic heterocycles. The molecular weight excluding hydrogens is 250 g/mol. The molecule has 1 rings (SSSR count). The van der Waals surface area contributed by atoms with Crippen LogP contribution in [0.3, 0.4) is 0 Å². The summed E-state index contributed by atoms with van der Waals surface area (Å²) in [5.74, 6) is 0.0695. The van der Waals surface area contributed by atoms with Crippen LogP contribution in [-0.2, 0) is 4.79 Å². The Bertz CT molecular complexity index is 399. The van der Waals surface area contributed by atoms with Gasteiger partial charge in [0.2, 0.25) is 5.91 Å². The molecule has 1 aromatic rings. The zero-order valence-corrected chi connectivity index (χ0v) is 12.9. The van der Waals surface area contributed by atoms with E-state index in [4.69, 9.17) is 5.73 Å². The maximum atomic E-state index is 12.6. The van der Waals surface area contributed by atoms with E-state index in [-0.39, 0.29) is 11.9 Å². The van der Waals surface area contributed by atoms with Gasteiger partial charge < -0.3 is 11.1 Å². The normalized spacial score (nSPS) is 13.0. The first-order valence-corrected chi connectivity index (χ1v) is 7.50. The van der Waals surface area contributed by atoms with Crippen molar-refractivity contribution in [2.45, 2.75) is 52.5 Å². The van der Waals surface area contributed by atoms with Crippen LogP contribution in [0.4, 0.5) is 0 Å². The third-order valence-electron chi connectivity index (χ3n) is 3.86. The molecule has 20 heavy (non-hydrogen) atoms. The number of rotatable bonds is 8. The second kappa shape index (κ2) is 8.00. The lowest BCUT2D eigenvalue weighted by Crippen LogP contribution is -2.46. The molecule has 0 bridgehead atoms. The molecule has 1 aromatic heterocycles.